The quantitative estimate of drug-likeness (QED) is 0.299. The van der Waals surface area contributed by atoms with E-state index >= 15 is 0 Å². The number of nitrogens with zero attached hydrogens (tertiary/aromatic N) is 4. The molecule has 1 saturated heterocycles. The Bertz CT molecular complexity index is 1760. The van der Waals surface area contributed by atoms with Crippen LogP contribution in [0.25, 0.3) is 33.3 Å². The Labute approximate surface area is 270 Å². The molecule has 0 radical (unpaired) electrons. The molecule has 1 amide bonds. The van der Waals surface area contributed by atoms with Crippen LogP contribution in [0, 0.1) is 10.3 Å². The number of carbonyl (C=O) groups is 1. The molecule has 242 valence electrons. The van der Waals surface area contributed by atoms with Crippen LogP contribution in [0.4, 0.5) is 0 Å². The van der Waals surface area contributed by atoms with Crippen LogP contribution >= 0.6 is 0 Å². The van der Waals surface area contributed by atoms with Crippen molar-refractivity contribution in [2.75, 3.05) is 20.3 Å². The number of aromatic nitrogens is 2. The van der Waals surface area contributed by atoms with E-state index in [0.717, 1.165) is 51.1 Å². The maximum atomic E-state index is 13.3. The van der Waals surface area contributed by atoms with Crippen LogP contribution in [0.2, 0.25) is 0 Å². The molecule has 2 aliphatic rings. The fourth-order valence-corrected chi connectivity index (χ4v) is 6.83. The van der Waals surface area contributed by atoms with Crippen LogP contribution in [-0.2, 0) is 33.8 Å². The number of aryl methyl sites for hydroxylation is 1. The van der Waals surface area contributed by atoms with Gasteiger partial charge < -0.3 is 15.0 Å². The number of ether oxygens (including phenoxy) is 1. The topological polar surface area (TPSA) is 115 Å². The number of hydrazine groups is 1. The van der Waals surface area contributed by atoms with Crippen molar-refractivity contribution < 1.29 is 19.3 Å². The lowest BCUT2D eigenvalue weighted by Gasteiger charge is -2.31. The first-order chi connectivity index (χ1) is 22.1. The number of amides is 1. The molecular formula is C36H45N6O4+. The second-order valence-electron chi connectivity index (χ2n) is 13.3. The van der Waals surface area contributed by atoms with Crippen molar-refractivity contribution in [3.8, 4) is 22.4 Å². The van der Waals surface area contributed by atoms with Gasteiger partial charge in [-0.3, -0.25) is 14.8 Å². The van der Waals surface area contributed by atoms with Crippen molar-refractivity contribution in [1.29, 1.82) is 0 Å². The van der Waals surface area contributed by atoms with Gasteiger partial charge in [-0.05, 0) is 79.6 Å². The highest BCUT2D eigenvalue weighted by Gasteiger charge is 2.38. The Morgan fingerprint density at radius 3 is 2.76 bits per heavy atom. The van der Waals surface area contributed by atoms with Crippen molar-refractivity contribution in [2.24, 2.45) is 11.1 Å². The van der Waals surface area contributed by atoms with Crippen LogP contribution < -0.4 is 11.2 Å². The standard InChI is InChI=1S/C36H45N6O4/c1-6-40-31-15-14-26-20-28(31)29(34(40)27-12-8-16-38-33(27)23(2)45-5)21-36(3,4)22-46-42(44)32-13-9-17-41(39-32)35(43)30(37)19-24-10-7-11-25(26)18-24/h7-8,10-12,14-16,18,20,23,30,32,39H,6,9,13,17,19,21-22,37H2,1-5H3/q+1/t23-,30-,32+/m0/s1. The minimum absolute atomic E-state index is 0.191. The van der Waals surface area contributed by atoms with Gasteiger partial charge in [0.05, 0.1) is 28.4 Å². The number of benzene rings is 2. The first-order valence-corrected chi connectivity index (χ1v) is 16.2. The lowest BCUT2D eigenvalue weighted by molar-refractivity contribution is -0.835. The molecule has 0 aliphatic carbocycles. The van der Waals surface area contributed by atoms with Gasteiger partial charge in [0, 0.05) is 54.7 Å². The van der Waals surface area contributed by atoms with E-state index in [1.807, 2.05) is 31.3 Å². The van der Waals surface area contributed by atoms with Gasteiger partial charge in [0.15, 0.2) is 6.61 Å². The lowest BCUT2D eigenvalue weighted by Crippen LogP contribution is -2.59. The van der Waals surface area contributed by atoms with Crippen LogP contribution in [0.3, 0.4) is 0 Å². The summed E-state index contributed by atoms with van der Waals surface area (Å²) in [6, 6.07) is 18.2. The Kier molecular flexibility index (Phi) is 8.96. The number of pyridine rings is 1. The average Bonchev–Trinajstić information content (AvgIpc) is 3.37. The predicted molar refractivity (Wildman–Crippen MR) is 178 cm³/mol. The number of nitrogens with one attached hydrogen (secondary N) is 1. The number of hydrogen-bond donors (Lipinski definition) is 2. The smallest absolute Gasteiger partial charge is 0.326 e. The van der Waals surface area contributed by atoms with Gasteiger partial charge in [0.25, 0.3) is 5.91 Å². The third-order valence-corrected chi connectivity index (χ3v) is 9.27. The number of rotatable bonds is 4. The fourth-order valence-electron chi connectivity index (χ4n) is 6.83. The zero-order valence-corrected chi connectivity index (χ0v) is 27.5. The molecule has 6 rings (SSSR count). The minimum Gasteiger partial charge on any atom is -0.375 e. The largest absolute Gasteiger partial charge is 0.375 e. The van der Waals surface area contributed by atoms with Crippen molar-refractivity contribution in [3.05, 3.63) is 82.5 Å². The third-order valence-electron chi connectivity index (χ3n) is 9.27. The SMILES string of the molecule is CCn1c(-c2cccnc2[C@H](C)OC)c2c3cc(ccc31)-c1cccc(c1)C[C@H](N)C(=O)N1CCC[C@H](N1)[N+](=O)OCC(C)(C)C2. The maximum Gasteiger partial charge on any atom is 0.326 e. The molecule has 46 heavy (non-hydrogen) atoms. The van der Waals surface area contributed by atoms with E-state index < -0.39 is 17.6 Å². The summed E-state index contributed by atoms with van der Waals surface area (Å²) < 4.78 is 8.12. The second-order valence-corrected chi connectivity index (χ2v) is 13.3. The van der Waals surface area contributed by atoms with E-state index in [2.05, 4.69) is 67.2 Å². The zero-order valence-electron chi connectivity index (χ0n) is 27.5. The molecule has 0 spiro atoms. The fraction of sp³-hybridized carbons (Fsp3) is 0.444. The summed E-state index contributed by atoms with van der Waals surface area (Å²) in [5.41, 5.74) is 17.5. The molecule has 1 fully saturated rings. The molecule has 2 aromatic heterocycles. The molecule has 3 atom stereocenters. The average molecular weight is 626 g/mol. The van der Waals surface area contributed by atoms with E-state index in [0.29, 0.717) is 37.2 Å². The molecule has 10 nitrogen and oxygen atoms in total. The summed E-state index contributed by atoms with van der Waals surface area (Å²) in [5.74, 6) is -0.234. The normalized spacial score (nSPS) is 21.1. The Morgan fingerprint density at radius 2 is 1.98 bits per heavy atom. The number of carbonyl (C=O) groups excluding carboxylic acids is 1. The first kappa shape index (κ1) is 31.8. The molecule has 4 heterocycles. The highest BCUT2D eigenvalue weighted by Crippen LogP contribution is 2.41. The van der Waals surface area contributed by atoms with Gasteiger partial charge >= 0.3 is 6.17 Å². The maximum absolute atomic E-state index is 13.3. The van der Waals surface area contributed by atoms with E-state index in [-0.39, 0.29) is 18.6 Å². The monoisotopic (exact) mass is 625 g/mol. The molecule has 4 aromatic rings. The summed E-state index contributed by atoms with van der Waals surface area (Å²) in [6.07, 6.45) is 3.19. The van der Waals surface area contributed by atoms with Gasteiger partial charge in [0.2, 0.25) is 4.92 Å². The highest BCUT2D eigenvalue weighted by atomic mass is 16.8. The van der Waals surface area contributed by atoms with Crippen molar-refractivity contribution >= 4 is 16.8 Å². The lowest BCUT2D eigenvalue weighted by atomic mass is 9.84. The van der Waals surface area contributed by atoms with Gasteiger partial charge in [-0.15, -0.1) is 0 Å². The molecule has 2 aliphatic heterocycles. The predicted octanol–water partition coefficient (Wildman–Crippen LogP) is 5.71. The third kappa shape index (κ3) is 6.17. The van der Waals surface area contributed by atoms with E-state index in [4.69, 9.17) is 20.3 Å². The van der Waals surface area contributed by atoms with E-state index in [1.165, 1.54) is 10.6 Å². The van der Waals surface area contributed by atoms with Crippen molar-refractivity contribution in [3.63, 3.8) is 0 Å². The molecule has 10 heteroatoms. The Hall–Kier alpha value is -4.12. The minimum atomic E-state index is -0.751. The molecule has 6 bridgehead atoms. The summed E-state index contributed by atoms with van der Waals surface area (Å²) in [5, 5.41) is 2.63. The summed E-state index contributed by atoms with van der Waals surface area (Å²) in [6.45, 7) is 9.86. The number of hydrogen-bond acceptors (Lipinski definition) is 7. The number of nitrogens with two attached hydrogens (primary N) is 1. The Morgan fingerprint density at radius 1 is 1.17 bits per heavy atom. The van der Waals surface area contributed by atoms with Crippen molar-refractivity contribution in [1.82, 2.24) is 20.0 Å². The first-order valence-electron chi connectivity index (χ1n) is 16.2. The van der Waals surface area contributed by atoms with Crippen LogP contribution in [0.5, 0.6) is 0 Å². The Balaban J connectivity index is 1.55. The van der Waals surface area contributed by atoms with Gasteiger partial charge in [-0.25, -0.2) is 4.84 Å². The molecular weight excluding hydrogens is 580 g/mol. The molecule has 0 saturated carbocycles. The molecule has 2 aromatic carbocycles. The molecule has 0 unspecified atom stereocenters. The number of fused-ring (bicyclic) bond motifs is 6. The van der Waals surface area contributed by atoms with Crippen LogP contribution in [0.1, 0.15) is 63.5 Å². The molecule has 3 N–H and O–H groups in total. The summed E-state index contributed by atoms with van der Waals surface area (Å²) >= 11 is 0. The van der Waals surface area contributed by atoms with Gasteiger partial charge in [0.1, 0.15) is 0 Å². The summed E-state index contributed by atoms with van der Waals surface area (Å²) in [4.78, 5) is 37.9. The van der Waals surface area contributed by atoms with E-state index in [1.54, 1.807) is 7.11 Å². The highest BCUT2D eigenvalue weighted by molar-refractivity contribution is 5.95. The van der Waals surface area contributed by atoms with E-state index in [9.17, 15) is 9.70 Å². The summed E-state index contributed by atoms with van der Waals surface area (Å²) in [7, 11) is 1.71. The zero-order chi connectivity index (χ0) is 32.6. The van der Waals surface area contributed by atoms with Crippen LogP contribution in [0.15, 0.2) is 60.8 Å². The van der Waals surface area contributed by atoms with Crippen LogP contribution in [-0.4, -0.2) is 57.9 Å². The van der Waals surface area contributed by atoms with Gasteiger partial charge in [-0.1, -0.05) is 44.2 Å². The van der Waals surface area contributed by atoms with Gasteiger partial charge in [-0.2, -0.15) is 5.43 Å². The van der Waals surface area contributed by atoms with Crippen molar-refractivity contribution in [2.45, 2.75) is 78.2 Å². The second kappa shape index (κ2) is 12.9. The number of methoxy groups -OCH3 is 1.